The second-order valence-electron chi connectivity index (χ2n) is 5.71. The molecule has 2 aromatic rings. The summed E-state index contributed by atoms with van der Waals surface area (Å²) in [5.74, 6) is -0.389. The van der Waals surface area contributed by atoms with Gasteiger partial charge in [0.1, 0.15) is 0 Å². The molecule has 0 amide bonds. The maximum Gasteiger partial charge on any atom is 0.421 e. The van der Waals surface area contributed by atoms with E-state index in [9.17, 15) is 13.2 Å². The van der Waals surface area contributed by atoms with Gasteiger partial charge in [-0.25, -0.2) is 17.9 Å². The topological polar surface area (TPSA) is 84.5 Å². The van der Waals surface area contributed by atoms with Gasteiger partial charge in [-0.3, -0.25) is 9.47 Å². The zero-order valence-electron chi connectivity index (χ0n) is 12.4. The number of nitrogens with one attached hydrogen (secondary N) is 1. The Morgan fingerprint density at radius 2 is 2.14 bits per heavy atom. The molecule has 1 saturated heterocycles. The number of nitrogens with zero attached hydrogens (tertiary/aromatic N) is 2. The lowest BCUT2D eigenvalue weighted by atomic mass is 10.1. The first kappa shape index (κ1) is 15.3. The predicted octanol–water partition coefficient (Wildman–Crippen LogP) is 0.566. The number of oxazole rings is 1. The minimum absolute atomic E-state index is 0.113. The SMILES string of the molecule is CS(=O)(=O)N[C@@H]1CCCN(Cn2c(=O)oc3ccccc32)C1. The Labute approximate surface area is 128 Å². The molecule has 1 N–H and O–H groups in total. The summed E-state index contributed by atoms with van der Waals surface area (Å²) in [6, 6.07) is 7.17. The van der Waals surface area contributed by atoms with E-state index >= 15 is 0 Å². The van der Waals surface area contributed by atoms with Gasteiger partial charge in [0, 0.05) is 12.6 Å². The highest BCUT2D eigenvalue weighted by atomic mass is 32.2. The summed E-state index contributed by atoms with van der Waals surface area (Å²) in [6.45, 7) is 1.81. The fourth-order valence-corrected chi connectivity index (χ4v) is 3.73. The Hall–Kier alpha value is -1.64. The smallest absolute Gasteiger partial charge is 0.408 e. The van der Waals surface area contributed by atoms with Crippen LogP contribution in [0.25, 0.3) is 11.1 Å². The van der Waals surface area contributed by atoms with Crippen LogP contribution in [0.3, 0.4) is 0 Å². The van der Waals surface area contributed by atoms with Gasteiger partial charge >= 0.3 is 5.76 Å². The molecule has 0 saturated carbocycles. The maximum absolute atomic E-state index is 12.0. The van der Waals surface area contributed by atoms with Gasteiger partial charge in [-0.2, -0.15) is 0 Å². The Kier molecular flexibility index (Phi) is 4.07. The molecule has 0 spiro atoms. The summed E-state index contributed by atoms with van der Waals surface area (Å²) in [6.07, 6.45) is 2.86. The monoisotopic (exact) mass is 325 g/mol. The molecule has 0 unspecified atom stereocenters. The van der Waals surface area contributed by atoms with Crippen LogP contribution in [-0.2, 0) is 16.7 Å². The number of sulfonamides is 1. The van der Waals surface area contributed by atoms with Crippen LogP contribution in [0.2, 0.25) is 0 Å². The fourth-order valence-electron chi connectivity index (χ4n) is 2.93. The van der Waals surface area contributed by atoms with E-state index in [4.69, 9.17) is 4.42 Å². The highest BCUT2D eigenvalue weighted by Crippen LogP contribution is 2.15. The second-order valence-corrected chi connectivity index (χ2v) is 7.49. The Balaban J connectivity index is 1.77. The molecule has 0 aliphatic carbocycles. The van der Waals surface area contributed by atoms with E-state index < -0.39 is 10.0 Å². The van der Waals surface area contributed by atoms with Crippen LogP contribution in [0, 0.1) is 0 Å². The van der Waals surface area contributed by atoms with Gasteiger partial charge in [0.15, 0.2) is 5.58 Å². The molecule has 1 aliphatic heterocycles. The molecule has 1 aromatic heterocycles. The van der Waals surface area contributed by atoms with Gasteiger partial charge < -0.3 is 4.42 Å². The molecule has 7 nitrogen and oxygen atoms in total. The molecule has 0 radical (unpaired) electrons. The van der Waals surface area contributed by atoms with Gasteiger partial charge in [0.2, 0.25) is 10.0 Å². The minimum atomic E-state index is -3.22. The van der Waals surface area contributed by atoms with Crippen molar-refractivity contribution in [1.82, 2.24) is 14.2 Å². The van der Waals surface area contributed by atoms with Gasteiger partial charge in [0.05, 0.1) is 18.4 Å². The Morgan fingerprint density at radius 3 is 2.91 bits per heavy atom. The van der Waals surface area contributed by atoms with Crippen LogP contribution < -0.4 is 10.5 Å². The lowest BCUT2D eigenvalue weighted by molar-refractivity contribution is 0.159. The van der Waals surface area contributed by atoms with Crippen molar-refractivity contribution in [3.05, 3.63) is 34.8 Å². The largest absolute Gasteiger partial charge is 0.421 e. The van der Waals surface area contributed by atoms with E-state index in [0.29, 0.717) is 18.8 Å². The van der Waals surface area contributed by atoms with Crippen LogP contribution in [-0.4, -0.2) is 43.3 Å². The van der Waals surface area contributed by atoms with Gasteiger partial charge in [-0.1, -0.05) is 12.1 Å². The van der Waals surface area contributed by atoms with E-state index in [1.807, 2.05) is 18.2 Å². The molecule has 22 heavy (non-hydrogen) atoms. The van der Waals surface area contributed by atoms with Gasteiger partial charge in [-0.15, -0.1) is 0 Å². The van der Waals surface area contributed by atoms with E-state index in [-0.39, 0.29) is 11.8 Å². The van der Waals surface area contributed by atoms with Crippen molar-refractivity contribution in [1.29, 1.82) is 0 Å². The van der Waals surface area contributed by atoms with Crippen LogP contribution in [0.5, 0.6) is 0 Å². The molecular weight excluding hydrogens is 306 g/mol. The third-order valence-corrected chi connectivity index (χ3v) is 4.56. The molecule has 0 bridgehead atoms. The summed E-state index contributed by atoms with van der Waals surface area (Å²) in [5, 5.41) is 0. The number of likely N-dealkylation sites (tertiary alicyclic amines) is 1. The summed E-state index contributed by atoms with van der Waals surface area (Å²) >= 11 is 0. The number of hydrogen-bond donors (Lipinski definition) is 1. The third kappa shape index (κ3) is 3.40. The average molecular weight is 325 g/mol. The highest BCUT2D eigenvalue weighted by molar-refractivity contribution is 7.88. The second kappa shape index (κ2) is 5.86. The molecule has 1 fully saturated rings. The van der Waals surface area contributed by atoms with Gasteiger partial charge in [0.25, 0.3) is 0 Å². The number of fused-ring (bicyclic) bond motifs is 1. The van der Waals surface area contributed by atoms with E-state index in [2.05, 4.69) is 9.62 Å². The van der Waals surface area contributed by atoms with Gasteiger partial charge in [-0.05, 0) is 31.5 Å². The fraction of sp³-hybridized carbons (Fsp3) is 0.500. The lowest BCUT2D eigenvalue weighted by Gasteiger charge is -2.32. The molecule has 1 atom stereocenters. The van der Waals surface area contributed by atoms with Crippen molar-refractivity contribution in [2.24, 2.45) is 0 Å². The lowest BCUT2D eigenvalue weighted by Crippen LogP contribution is -2.48. The average Bonchev–Trinajstić information content (AvgIpc) is 2.74. The summed E-state index contributed by atoms with van der Waals surface area (Å²) in [7, 11) is -3.22. The van der Waals surface area contributed by atoms with Crippen molar-refractivity contribution >= 4 is 21.1 Å². The van der Waals surface area contributed by atoms with Crippen LogP contribution in [0.15, 0.2) is 33.5 Å². The van der Waals surface area contributed by atoms with E-state index in [0.717, 1.165) is 24.9 Å². The molecule has 3 rings (SSSR count). The normalized spacial score (nSPS) is 20.5. The zero-order chi connectivity index (χ0) is 15.7. The molecule has 8 heteroatoms. The summed E-state index contributed by atoms with van der Waals surface area (Å²) in [5.41, 5.74) is 1.32. The van der Waals surface area contributed by atoms with Crippen molar-refractivity contribution in [3.8, 4) is 0 Å². The number of benzene rings is 1. The number of hydrogen-bond acceptors (Lipinski definition) is 5. The number of aromatic nitrogens is 1. The standard InChI is InChI=1S/C14H19N3O4S/c1-22(19,20)15-11-5-4-8-16(9-11)10-17-12-6-2-3-7-13(12)21-14(17)18/h2-3,6-7,11,15H,4-5,8-10H2,1H3/t11-/m1/s1. The number of rotatable bonds is 4. The number of piperidine rings is 1. The zero-order valence-corrected chi connectivity index (χ0v) is 13.2. The maximum atomic E-state index is 12.0. The molecule has 1 aliphatic rings. The molecule has 1 aromatic carbocycles. The van der Waals surface area contributed by atoms with Crippen molar-refractivity contribution in [3.63, 3.8) is 0 Å². The van der Waals surface area contributed by atoms with Crippen LogP contribution >= 0.6 is 0 Å². The minimum Gasteiger partial charge on any atom is -0.408 e. The summed E-state index contributed by atoms with van der Waals surface area (Å²) < 4.78 is 32.1. The first-order valence-electron chi connectivity index (χ1n) is 7.20. The highest BCUT2D eigenvalue weighted by Gasteiger charge is 2.23. The van der Waals surface area contributed by atoms with Crippen LogP contribution in [0.1, 0.15) is 12.8 Å². The number of para-hydroxylation sites is 2. The van der Waals surface area contributed by atoms with Crippen molar-refractivity contribution < 1.29 is 12.8 Å². The van der Waals surface area contributed by atoms with E-state index in [1.165, 1.54) is 6.26 Å². The van der Waals surface area contributed by atoms with Crippen LogP contribution in [0.4, 0.5) is 0 Å². The summed E-state index contributed by atoms with van der Waals surface area (Å²) in [4.78, 5) is 14.0. The first-order valence-corrected chi connectivity index (χ1v) is 9.09. The quantitative estimate of drug-likeness (QED) is 0.888. The predicted molar refractivity (Wildman–Crippen MR) is 83.0 cm³/mol. The third-order valence-electron chi connectivity index (χ3n) is 3.80. The van der Waals surface area contributed by atoms with Crippen molar-refractivity contribution in [2.75, 3.05) is 19.3 Å². The Bertz CT molecular complexity index is 824. The first-order chi connectivity index (χ1) is 10.4. The van der Waals surface area contributed by atoms with Crippen molar-refractivity contribution in [2.45, 2.75) is 25.6 Å². The molecule has 120 valence electrons. The molecule has 2 heterocycles. The molecular formula is C14H19N3O4S. The Morgan fingerprint density at radius 1 is 1.36 bits per heavy atom. The van der Waals surface area contributed by atoms with E-state index in [1.54, 1.807) is 10.6 Å².